The van der Waals surface area contributed by atoms with E-state index in [9.17, 15) is 24.8 Å². The Hall–Kier alpha value is -2.44. The minimum absolute atomic E-state index is 0.0501. The summed E-state index contributed by atoms with van der Waals surface area (Å²) in [7, 11) is 0. The van der Waals surface area contributed by atoms with Crippen molar-refractivity contribution in [2.24, 2.45) is 0 Å². The van der Waals surface area contributed by atoms with E-state index in [1.807, 2.05) is 0 Å². The number of benzene rings is 2. The standard InChI is InChI=1S/C15H9Cl2NO5/c16-11-6-3-9(7-12(11)17)13(15(20)21)14(19)8-1-4-10(5-2-8)18(22)23/h1-7,13H,(H,20,21). The number of Topliss-reactive ketones (excluding diaryl/α,β-unsaturated/α-hetero) is 1. The van der Waals surface area contributed by atoms with Crippen molar-refractivity contribution in [1.29, 1.82) is 0 Å². The highest BCUT2D eigenvalue weighted by atomic mass is 35.5. The maximum atomic E-state index is 12.4. The van der Waals surface area contributed by atoms with Crippen molar-refractivity contribution >= 4 is 40.6 Å². The molecule has 23 heavy (non-hydrogen) atoms. The molecular formula is C15H9Cl2NO5. The van der Waals surface area contributed by atoms with E-state index in [1.54, 1.807) is 0 Å². The van der Waals surface area contributed by atoms with Crippen LogP contribution in [0.2, 0.25) is 10.0 Å². The van der Waals surface area contributed by atoms with Crippen LogP contribution in [0.4, 0.5) is 5.69 Å². The van der Waals surface area contributed by atoms with Crippen LogP contribution in [0.3, 0.4) is 0 Å². The van der Waals surface area contributed by atoms with Gasteiger partial charge >= 0.3 is 5.97 Å². The molecule has 0 saturated heterocycles. The van der Waals surface area contributed by atoms with Crippen LogP contribution in [0.1, 0.15) is 21.8 Å². The van der Waals surface area contributed by atoms with Gasteiger partial charge in [0.05, 0.1) is 15.0 Å². The Kier molecular flexibility index (Phi) is 4.98. The van der Waals surface area contributed by atoms with Crippen LogP contribution in [0.5, 0.6) is 0 Å². The fourth-order valence-electron chi connectivity index (χ4n) is 2.01. The highest BCUT2D eigenvalue weighted by molar-refractivity contribution is 6.42. The number of hydrogen-bond donors (Lipinski definition) is 1. The van der Waals surface area contributed by atoms with Crippen molar-refractivity contribution in [3.8, 4) is 0 Å². The van der Waals surface area contributed by atoms with Crippen molar-refractivity contribution in [3.05, 3.63) is 73.8 Å². The maximum absolute atomic E-state index is 12.4. The summed E-state index contributed by atoms with van der Waals surface area (Å²) in [6, 6.07) is 8.82. The number of ketones is 1. The summed E-state index contributed by atoms with van der Waals surface area (Å²) >= 11 is 11.6. The molecule has 0 aliphatic rings. The first-order chi connectivity index (χ1) is 10.8. The van der Waals surface area contributed by atoms with Crippen molar-refractivity contribution in [2.75, 3.05) is 0 Å². The van der Waals surface area contributed by atoms with Crippen LogP contribution >= 0.6 is 23.2 Å². The third-order valence-electron chi connectivity index (χ3n) is 3.15. The summed E-state index contributed by atoms with van der Waals surface area (Å²) in [5.41, 5.74) is 0.0345. The molecule has 0 spiro atoms. The second kappa shape index (κ2) is 6.76. The highest BCUT2D eigenvalue weighted by Gasteiger charge is 2.29. The molecular weight excluding hydrogens is 345 g/mol. The average Bonchev–Trinajstić information content (AvgIpc) is 2.50. The lowest BCUT2D eigenvalue weighted by atomic mass is 9.90. The number of nitro benzene ring substituents is 1. The number of hydrogen-bond acceptors (Lipinski definition) is 4. The predicted octanol–water partition coefficient (Wildman–Crippen LogP) is 3.95. The Morgan fingerprint density at radius 1 is 1.04 bits per heavy atom. The second-order valence-corrected chi connectivity index (χ2v) is 5.43. The first-order valence-corrected chi connectivity index (χ1v) is 7.03. The number of rotatable bonds is 5. The van der Waals surface area contributed by atoms with Crippen LogP contribution in [0, 0.1) is 10.1 Å². The number of carboxylic acids is 1. The Bertz CT molecular complexity index is 789. The van der Waals surface area contributed by atoms with E-state index in [-0.39, 0.29) is 26.9 Å². The lowest BCUT2D eigenvalue weighted by Gasteiger charge is -2.12. The van der Waals surface area contributed by atoms with Gasteiger partial charge in [0.2, 0.25) is 0 Å². The van der Waals surface area contributed by atoms with E-state index in [0.29, 0.717) is 0 Å². The van der Waals surface area contributed by atoms with Gasteiger partial charge in [0, 0.05) is 17.7 Å². The molecule has 0 saturated carbocycles. The van der Waals surface area contributed by atoms with E-state index in [0.717, 1.165) is 12.1 Å². The zero-order valence-electron chi connectivity index (χ0n) is 11.4. The van der Waals surface area contributed by atoms with Crippen LogP contribution in [-0.2, 0) is 4.79 Å². The molecule has 2 aromatic rings. The SMILES string of the molecule is O=C(O)C(C(=O)c1ccc([N+](=O)[O-])cc1)c1ccc(Cl)c(Cl)c1. The maximum Gasteiger partial charge on any atom is 0.318 e. The van der Waals surface area contributed by atoms with Crippen molar-refractivity contribution in [2.45, 2.75) is 5.92 Å². The Morgan fingerprint density at radius 3 is 2.13 bits per heavy atom. The molecule has 118 valence electrons. The topological polar surface area (TPSA) is 97.5 Å². The monoisotopic (exact) mass is 353 g/mol. The van der Waals surface area contributed by atoms with Crippen LogP contribution in [-0.4, -0.2) is 21.8 Å². The molecule has 2 aromatic carbocycles. The zero-order chi connectivity index (χ0) is 17.1. The van der Waals surface area contributed by atoms with E-state index in [1.165, 1.54) is 30.3 Å². The van der Waals surface area contributed by atoms with Crippen LogP contribution in [0.25, 0.3) is 0 Å². The van der Waals surface area contributed by atoms with Gasteiger partial charge in [-0.15, -0.1) is 0 Å². The summed E-state index contributed by atoms with van der Waals surface area (Å²) in [4.78, 5) is 33.9. The molecule has 0 heterocycles. The van der Waals surface area contributed by atoms with Crippen molar-refractivity contribution < 1.29 is 19.6 Å². The first kappa shape index (κ1) is 16.9. The summed E-state index contributed by atoms with van der Waals surface area (Å²) in [5, 5.41) is 20.3. The lowest BCUT2D eigenvalue weighted by Crippen LogP contribution is -2.21. The molecule has 1 unspecified atom stereocenters. The molecule has 1 atom stereocenters. The summed E-state index contributed by atoms with van der Waals surface area (Å²) < 4.78 is 0. The first-order valence-electron chi connectivity index (χ1n) is 6.27. The minimum Gasteiger partial charge on any atom is -0.480 e. The van der Waals surface area contributed by atoms with Gasteiger partial charge in [-0.1, -0.05) is 29.3 Å². The molecule has 0 aliphatic heterocycles. The minimum atomic E-state index is -1.48. The van der Waals surface area contributed by atoms with E-state index in [4.69, 9.17) is 23.2 Å². The number of carboxylic acid groups (broad SMARTS) is 1. The smallest absolute Gasteiger partial charge is 0.318 e. The lowest BCUT2D eigenvalue weighted by molar-refractivity contribution is -0.384. The third kappa shape index (κ3) is 3.67. The average molecular weight is 354 g/mol. The van der Waals surface area contributed by atoms with Gasteiger partial charge in [0.25, 0.3) is 5.69 Å². The third-order valence-corrected chi connectivity index (χ3v) is 3.89. The molecule has 8 heteroatoms. The van der Waals surface area contributed by atoms with Gasteiger partial charge in [-0.05, 0) is 29.8 Å². The molecule has 0 radical (unpaired) electrons. The summed E-state index contributed by atoms with van der Waals surface area (Å²) in [6.07, 6.45) is 0. The highest BCUT2D eigenvalue weighted by Crippen LogP contribution is 2.29. The number of aliphatic carboxylic acids is 1. The van der Waals surface area contributed by atoms with Crippen molar-refractivity contribution in [1.82, 2.24) is 0 Å². The number of nitrogens with zero attached hydrogens (tertiary/aromatic N) is 1. The van der Waals surface area contributed by atoms with E-state index in [2.05, 4.69) is 0 Å². The molecule has 0 aliphatic carbocycles. The summed E-state index contributed by atoms with van der Waals surface area (Å²) in [6.45, 7) is 0. The van der Waals surface area contributed by atoms with Gasteiger partial charge in [-0.2, -0.15) is 0 Å². The molecule has 0 amide bonds. The van der Waals surface area contributed by atoms with Gasteiger partial charge in [0.1, 0.15) is 5.92 Å². The number of non-ortho nitro benzene ring substituents is 1. The largest absolute Gasteiger partial charge is 0.480 e. The van der Waals surface area contributed by atoms with Gasteiger partial charge in [-0.25, -0.2) is 0 Å². The number of halogens is 2. The predicted molar refractivity (Wildman–Crippen MR) is 84.3 cm³/mol. The van der Waals surface area contributed by atoms with Gasteiger partial charge in [0.15, 0.2) is 5.78 Å². The van der Waals surface area contributed by atoms with Gasteiger partial charge < -0.3 is 5.11 Å². The molecule has 0 aromatic heterocycles. The quantitative estimate of drug-likeness (QED) is 0.379. The number of nitro groups is 1. The molecule has 0 bridgehead atoms. The van der Waals surface area contributed by atoms with E-state index < -0.39 is 22.6 Å². The Morgan fingerprint density at radius 2 is 1.65 bits per heavy atom. The van der Waals surface area contributed by atoms with E-state index >= 15 is 0 Å². The number of carbonyl (C=O) groups is 2. The molecule has 2 rings (SSSR count). The second-order valence-electron chi connectivity index (χ2n) is 4.61. The van der Waals surface area contributed by atoms with Gasteiger partial charge in [-0.3, -0.25) is 19.7 Å². The molecule has 0 fully saturated rings. The fraction of sp³-hybridized carbons (Fsp3) is 0.0667. The molecule has 1 N–H and O–H groups in total. The zero-order valence-corrected chi connectivity index (χ0v) is 12.9. The molecule has 6 nitrogen and oxygen atoms in total. The van der Waals surface area contributed by atoms with Crippen LogP contribution < -0.4 is 0 Å². The number of carbonyl (C=O) groups excluding carboxylic acids is 1. The normalized spacial score (nSPS) is 11.7. The fourth-order valence-corrected chi connectivity index (χ4v) is 2.32. The summed E-state index contributed by atoms with van der Waals surface area (Å²) in [5.74, 6) is -3.54. The van der Waals surface area contributed by atoms with Crippen molar-refractivity contribution in [3.63, 3.8) is 0 Å². The van der Waals surface area contributed by atoms with Crippen LogP contribution in [0.15, 0.2) is 42.5 Å². The Balaban J connectivity index is 2.40. The Labute approximate surface area is 140 Å².